The van der Waals surface area contributed by atoms with Gasteiger partial charge in [-0.05, 0) is 35.8 Å². The molecule has 104 valence electrons. The summed E-state index contributed by atoms with van der Waals surface area (Å²) in [6.45, 7) is 2.68. The second-order valence-electron chi connectivity index (χ2n) is 5.77. The van der Waals surface area contributed by atoms with Crippen LogP contribution < -0.4 is 10.2 Å². The Balaban J connectivity index is 1.56. The van der Waals surface area contributed by atoms with Crippen LogP contribution in [-0.4, -0.2) is 42.4 Å². The Hall–Kier alpha value is -0.710. The number of rotatable bonds is 4. The minimum atomic E-state index is -0.485. The third kappa shape index (κ3) is 2.91. The predicted octanol–water partition coefficient (Wildman–Crippen LogP) is 1.64. The Kier molecular flexibility index (Phi) is 3.74. The number of nitrogens with zero attached hydrogens (tertiary/aromatic N) is 1. The summed E-state index contributed by atoms with van der Waals surface area (Å²) in [5.74, 6) is 1.96. The molecule has 1 fully saturated rings. The summed E-state index contributed by atoms with van der Waals surface area (Å²) >= 11 is 1.85. The fourth-order valence-corrected chi connectivity index (χ4v) is 4.20. The van der Waals surface area contributed by atoms with E-state index in [9.17, 15) is 5.11 Å². The summed E-state index contributed by atoms with van der Waals surface area (Å²) in [5, 5.41) is 13.7. The van der Waals surface area contributed by atoms with Gasteiger partial charge in [0.2, 0.25) is 0 Å². The molecule has 0 aromatic heterocycles. The topological polar surface area (TPSA) is 35.5 Å². The molecule has 3 rings (SSSR count). The second kappa shape index (κ2) is 5.35. The van der Waals surface area contributed by atoms with Crippen LogP contribution in [0, 0.1) is 0 Å². The lowest BCUT2D eigenvalue weighted by Gasteiger charge is -2.21. The van der Waals surface area contributed by atoms with Crippen molar-refractivity contribution < 1.29 is 5.11 Å². The van der Waals surface area contributed by atoms with Crippen LogP contribution >= 0.6 is 11.8 Å². The van der Waals surface area contributed by atoms with Crippen molar-refractivity contribution in [3.63, 3.8) is 0 Å². The lowest BCUT2D eigenvalue weighted by atomic mass is 10.0. The fourth-order valence-electron chi connectivity index (χ4n) is 2.91. The molecule has 1 saturated heterocycles. The van der Waals surface area contributed by atoms with Crippen LogP contribution in [0.15, 0.2) is 18.2 Å². The average molecular weight is 278 g/mol. The van der Waals surface area contributed by atoms with Crippen LogP contribution in [0.4, 0.5) is 5.69 Å². The number of fused-ring (bicyclic) bond motifs is 1. The second-order valence-corrected chi connectivity index (χ2v) is 6.87. The number of hydrogen-bond donors (Lipinski definition) is 2. The van der Waals surface area contributed by atoms with E-state index in [2.05, 4.69) is 35.5 Å². The van der Waals surface area contributed by atoms with E-state index >= 15 is 0 Å². The van der Waals surface area contributed by atoms with Crippen LogP contribution in [0.2, 0.25) is 0 Å². The number of benzene rings is 1. The van der Waals surface area contributed by atoms with Gasteiger partial charge < -0.3 is 15.3 Å². The van der Waals surface area contributed by atoms with Crippen LogP contribution in [-0.2, 0) is 13.0 Å². The zero-order valence-electron chi connectivity index (χ0n) is 11.5. The van der Waals surface area contributed by atoms with E-state index in [1.54, 1.807) is 0 Å². The lowest BCUT2D eigenvalue weighted by Crippen LogP contribution is -2.40. The molecule has 3 nitrogen and oxygen atoms in total. The van der Waals surface area contributed by atoms with E-state index in [4.69, 9.17) is 0 Å². The largest absolute Gasteiger partial charge is 0.388 e. The molecule has 0 amide bonds. The van der Waals surface area contributed by atoms with Gasteiger partial charge in [0.25, 0.3) is 0 Å². The summed E-state index contributed by atoms with van der Waals surface area (Å²) in [7, 11) is 2.15. The van der Waals surface area contributed by atoms with Crippen LogP contribution in [0.3, 0.4) is 0 Å². The predicted molar refractivity (Wildman–Crippen MR) is 82.0 cm³/mol. The molecule has 2 aliphatic heterocycles. The van der Waals surface area contributed by atoms with Gasteiger partial charge in [-0.3, -0.25) is 0 Å². The Bertz CT molecular complexity index is 457. The smallest absolute Gasteiger partial charge is 0.0869 e. The third-order valence-corrected chi connectivity index (χ3v) is 5.37. The van der Waals surface area contributed by atoms with E-state index < -0.39 is 5.60 Å². The van der Waals surface area contributed by atoms with Gasteiger partial charge in [0.05, 0.1) is 5.60 Å². The number of aliphatic hydroxyl groups is 1. The summed E-state index contributed by atoms with van der Waals surface area (Å²) in [6.07, 6.45) is 2.07. The Labute approximate surface area is 119 Å². The first-order valence-electron chi connectivity index (χ1n) is 7.00. The summed E-state index contributed by atoms with van der Waals surface area (Å²) < 4.78 is 0. The molecule has 1 aromatic rings. The SMILES string of the molecule is CN1CCc2cc(CNCC3(O)CCSC3)ccc21. The Morgan fingerprint density at radius 3 is 3.16 bits per heavy atom. The molecule has 1 atom stereocenters. The molecule has 0 saturated carbocycles. The monoisotopic (exact) mass is 278 g/mol. The van der Waals surface area contributed by atoms with Crippen molar-refractivity contribution in [3.05, 3.63) is 29.3 Å². The van der Waals surface area contributed by atoms with E-state index in [1.165, 1.54) is 16.8 Å². The van der Waals surface area contributed by atoms with Crippen molar-refractivity contribution in [2.24, 2.45) is 0 Å². The van der Waals surface area contributed by atoms with E-state index in [0.717, 1.165) is 37.4 Å². The lowest BCUT2D eigenvalue weighted by molar-refractivity contribution is 0.0675. The molecule has 1 unspecified atom stereocenters. The van der Waals surface area contributed by atoms with Gasteiger partial charge in [-0.15, -0.1) is 0 Å². The van der Waals surface area contributed by atoms with Crippen LogP contribution in [0.5, 0.6) is 0 Å². The molecule has 2 N–H and O–H groups in total. The highest BCUT2D eigenvalue weighted by atomic mass is 32.2. The minimum absolute atomic E-state index is 0.485. The first-order valence-corrected chi connectivity index (χ1v) is 8.16. The van der Waals surface area contributed by atoms with Gasteiger partial charge in [0.15, 0.2) is 0 Å². The van der Waals surface area contributed by atoms with Gasteiger partial charge in [-0.2, -0.15) is 11.8 Å². The maximum atomic E-state index is 10.3. The van der Waals surface area contributed by atoms with Crippen molar-refractivity contribution >= 4 is 17.4 Å². The maximum Gasteiger partial charge on any atom is 0.0869 e. The molecule has 19 heavy (non-hydrogen) atoms. The van der Waals surface area contributed by atoms with Crippen LogP contribution in [0.1, 0.15) is 17.5 Å². The highest BCUT2D eigenvalue weighted by molar-refractivity contribution is 7.99. The molecule has 0 bridgehead atoms. The molecule has 4 heteroatoms. The van der Waals surface area contributed by atoms with E-state index in [1.807, 2.05) is 11.8 Å². The van der Waals surface area contributed by atoms with Crippen molar-refractivity contribution in [3.8, 4) is 0 Å². The molecular weight excluding hydrogens is 256 g/mol. The number of likely N-dealkylation sites (N-methyl/N-ethyl adjacent to an activating group) is 1. The molecule has 2 heterocycles. The van der Waals surface area contributed by atoms with Gasteiger partial charge in [-0.25, -0.2) is 0 Å². The van der Waals surface area contributed by atoms with Crippen molar-refractivity contribution in [2.75, 3.05) is 36.5 Å². The van der Waals surface area contributed by atoms with Crippen molar-refractivity contribution in [1.29, 1.82) is 0 Å². The molecular formula is C15H22N2OS. The molecule has 0 aliphatic carbocycles. The summed E-state index contributed by atoms with van der Waals surface area (Å²) in [5.41, 5.74) is 3.66. The molecule has 1 aromatic carbocycles. The zero-order valence-corrected chi connectivity index (χ0v) is 12.3. The quantitative estimate of drug-likeness (QED) is 0.878. The highest BCUT2D eigenvalue weighted by Crippen LogP contribution is 2.28. The van der Waals surface area contributed by atoms with Crippen molar-refractivity contribution in [1.82, 2.24) is 5.32 Å². The fraction of sp³-hybridized carbons (Fsp3) is 0.600. The average Bonchev–Trinajstić information content (AvgIpc) is 2.97. The summed E-state index contributed by atoms with van der Waals surface area (Å²) in [4.78, 5) is 2.31. The van der Waals surface area contributed by atoms with Crippen molar-refractivity contribution in [2.45, 2.75) is 25.0 Å². The molecule has 0 radical (unpaired) electrons. The normalized spacial score (nSPS) is 25.9. The van der Waals surface area contributed by atoms with Gasteiger partial charge in [0.1, 0.15) is 0 Å². The van der Waals surface area contributed by atoms with E-state index in [0.29, 0.717) is 6.54 Å². The molecule has 2 aliphatic rings. The van der Waals surface area contributed by atoms with Gasteiger partial charge in [0, 0.05) is 38.1 Å². The Morgan fingerprint density at radius 2 is 2.37 bits per heavy atom. The third-order valence-electron chi connectivity index (χ3n) is 4.14. The Morgan fingerprint density at radius 1 is 1.47 bits per heavy atom. The first-order chi connectivity index (χ1) is 9.16. The number of anilines is 1. The standard InChI is InChI=1S/C15H22N2OS/c1-17-6-4-13-8-12(2-3-14(13)17)9-16-10-15(18)5-7-19-11-15/h2-3,8,16,18H,4-7,9-11H2,1H3. The number of nitrogens with one attached hydrogen (secondary N) is 1. The number of thioether (sulfide) groups is 1. The highest BCUT2D eigenvalue weighted by Gasteiger charge is 2.30. The maximum absolute atomic E-state index is 10.3. The van der Waals surface area contributed by atoms with Crippen LogP contribution in [0.25, 0.3) is 0 Å². The minimum Gasteiger partial charge on any atom is -0.388 e. The zero-order chi connectivity index (χ0) is 13.3. The molecule has 0 spiro atoms. The van der Waals surface area contributed by atoms with Gasteiger partial charge in [-0.1, -0.05) is 12.1 Å². The van der Waals surface area contributed by atoms with Gasteiger partial charge >= 0.3 is 0 Å². The van der Waals surface area contributed by atoms with E-state index in [-0.39, 0.29) is 0 Å². The first kappa shape index (κ1) is 13.3. The summed E-state index contributed by atoms with van der Waals surface area (Å²) in [6, 6.07) is 6.72. The number of hydrogen-bond acceptors (Lipinski definition) is 4.